The highest BCUT2D eigenvalue weighted by Crippen LogP contribution is 2.14. The first kappa shape index (κ1) is 18.0. The first-order chi connectivity index (χ1) is 8.67. The summed E-state index contributed by atoms with van der Waals surface area (Å²) in [6.45, 7) is 9.73. The van der Waals surface area contributed by atoms with Crippen molar-refractivity contribution in [2.75, 3.05) is 54.1 Å². The molecule has 6 heteroatoms. The van der Waals surface area contributed by atoms with Crippen LogP contribution in [0, 0.1) is 0 Å². The lowest BCUT2D eigenvalue weighted by molar-refractivity contribution is 0.123. The van der Waals surface area contributed by atoms with Crippen molar-refractivity contribution in [1.82, 2.24) is 10.2 Å². The van der Waals surface area contributed by atoms with Crippen molar-refractivity contribution in [1.29, 1.82) is 0 Å². The van der Waals surface area contributed by atoms with Gasteiger partial charge in [0.25, 0.3) is 0 Å². The molecule has 0 aliphatic rings. The molecule has 0 saturated carbocycles. The van der Waals surface area contributed by atoms with E-state index in [4.69, 9.17) is 13.3 Å². The molecule has 0 aliphatic carbocycles. The number of nitrogens with one attached hydrogen (secondary N) is 1. The lowest BCUT2D eigenvalue weighted by Gasteiger charge is -2.24. The van der Waals surface area contributed by atoms with Crippen molar-refractivity contribution < 1.29 is 13.3 Å². The van der Waals surface area contributed by atoms with Crippen LogP contribution < -0.4 is 5.32 Å². The predicted octanol–water partition coefficient (Wildman–Crippen LogP) is 1.19. The largest absolute Gasteiger partial charge is 0.500 e. The Kier molecular flexibility index (Phi) is 10.9. The van der Waals surface area contributed by atoms with Gasteiger partial charge in [-0.3, -0.25) is 0 Å². The van der Waals surface area contributed by atoms with Gasteiger partial charge in [-0.25, -0.2) is 0 Å². The fourth-order valence-corrected chi connectivity index (χ4v) is 3.61. The van der Waals surface area contributed by atoms with Crippen molar-refractivity contribution >= 4 is 8.80 Å². The van der Waals surface area contributed by atoms with Crippen molar-refractivity contribution in [2.24, 2.45) is 0 Å². The van der Waals surface area contributed by atoms with E-state index in [0.717, 1.165) is 45.2 Å². The number of rotatable bonds is 12. The van der Waals surface area contributed by atoms with Crippen LogP contribution in [0.4, 0.5) is 0 Å². The highest BCUT2D eigenvalue weighted by atomic mass is 28.4. The maximum Gasteiger partial charge on any atom is 0.500 e. The van der Waals surface area contributed by atoms with E-state index in [0.29, 0.717) is 0 Å². The first-order valence-corrected chi connectivity index (χ1v) is 8.69. The smallest absolute Gasteiger partial charge is 0.377 e. The molecule has 0 aliphatic heterocycles. The Hall–Kier alpha value is 0.0169. The summed E-state index contributed by atoms with van der Waals surface area (Å²) in [5.74, 6) is 0. The normalized spacial score (nSPS) is 12.3. The van der Waals surface area contributed by atoms with Gasteiger partial charge in [-0.05, 0) is 26.1 Å². The van der Waals surface area contributed by atoms with Gasteiger partial charge < -0.3 is 23.5 Å². The monoisotopic (exact) mass is 278 g/mol. The van der Waals surface area contributed by atoms with Gasteiger partial charge in [0.2, 0.25) is 0 Å². The molecule has 0 rings (SSSR count). The molecule has 0 unspecified atom stereocenters. The highest BCUT2D eigenvalue weighted by Gasteiger charge is 2.36. The molecule has 0 bridgehead atoms. The summed E-state index contributed by atoms with van der Waals surface area (Å²) in [5, 5.41) is 3.44. The standard InChI is InChI=1S/C12H30N2O3Si/c1-6-14(7-2)11-10-13-9-8-12-18(15-3,16-4)17-5/h13H,6-12H2,1-5H3. The van der Waals surface area contributed by atoms with Crippen LogP contribution in [0.25, 0.3) is 0 Å². The van der Waals surface area contributed by atoms with E-state index in [1.807, 2.05) is 0 Å². The Morgan fingerprint density at radius 2 is 1.50 bits per heavy atom. The zero-order chi connectivity index (χ0) is 13.9. The van der Waals surface area contributed by atoms with E-state index in [1.165, 1.54) is 0 Å². The van der Waals surface area contributed by atoms with Crippen LogP contribution in [0.5, 0.6) is 0 Å². The van der Waals surface area contributed by atoms with Crippen molar-refractivity contribution in [3.8, 4) is 0 Å². The predicted molar refractivity (Wildman–Crippen MR) is 76.9 cm³/mol. The van der Waals surface area contributed by atoms with Crippen LogP contribution in [0.2, 0.25) is 6.04 Å². The van der Waals surface area contributed by atoms with Crippen molar-refractivity contribution in [3.05, 3.63) is 0 Å². The zero-order valence-electron chi connectivity index (χ0n) is 12.6. The molecule has 0 heterocycles. The van der Waals surface area contributed by atoms with Gasteiger partial charge in [-0.1, -0.05) is 13.8 Å². The Bertz CT molecular complexity index is 180. The van der Waals surface area contributed by atoms with Crippen molar-refractivity contribution in [3.63, 3.8) is 0 Å². The molecular formula is C12H30N2O3Si. The fourth-order valence-electron chi connectivity index (χ4n) is 1.89. The van der Waals surface area contributed by atoms with Gasteiger partial charge >= 0.3 is 8.80 Å². The summed E-state index contributed by atoms with van der Waals surface area (Å²) in [6, 6.07) is 0.856. The number of hydrogen-bond donors (Lipinski definition) is 1. The fraction of sp³-hybridized carbons (Fsp3) is 1.00. The third kappa shape index (κ3) is 6.82. The second kappa shape index (κ2) is 10.9. The van der Waals surface area contributed by atoms with E-state index in [-0.39, 0.29) is 0 Å². The van der Waals surface area contributed by atoms with Gasteiger partial charge in [0.15, 0.2) is 0 Å². The second-order valence-corrected chi connectivity index (χ2v) is 7.27. The third-order valence-corrected chi connectivity index (χ3v) is 6.10. The minimum Gasteiger partial charge on any atom is -0.377 e. The minimum atomic E-state index is -2.36. The highest BCUT2D eigenvalue weighted by molar-refractivity contribution is 6.60. The molecule has 0 saturated heterocycles. The second-order valence-electron chi connectivity index (χ2n) is 4.18. The van der Waals surface area contributed by atoms with Gasteiger partial charge in [-0.15, -0.1) is 0 Å². The maximum absolute atomic E-state index is 5.37. The lowest BCUT2D eigenvalue weighted by atomic mass is 10.4. The molecule has 1 N–H and O–H groups in total. The van der Waals surface area contributed by atoms with Crippen LogP contribution in [0.3, 0.4) is 0 Å². The topological polar surface area (TPSA) is 43.0 Å². The maximum atomic E-state index is 5.37. The van der Waals surface area contributed by atoms with E-state index in [1.54, 1.807) is 21.3 Å². The molecule has 18 heavy (non-hydrogen) atoms. The molecular weight excluding hydrogens is 248 g/mol. The Morgan fingerprint density at radius 1 is 0.944 bits per heavy atom. The summed E-state index contributed by atoms with van der Waals surface area (Å²) in [6.07, 6.45) is 1.01. The summed E-state index contributed by atoms with van der Waals surface area (Å²) >= 11 is 0. The van der Waals surface area contributed by atoms with Gasteiger partial charge in [-0.2, -0.15) is 0 Å². The summed E-state index contributed by atoms with van der Waals surface area (Å²) in [4.78, 5) is 2.41. The lowest BCUT2D eigenvalue weighted by Crippen LogP contribution is -2.43. The molecule has 0 fully saturated rings. The molecule has 0 spiro atoms. The van der Waals surface area contributed by atoms with Crippen molar-refractivity contribution in [2.45, 2.75) is 26.3 Å². The average molecular weight is 278 g/mol. The minimum absolute atomic E-state index is 0.856. The van der Waals surface area contributed by atoms with Crippen LogP contribution in [-0.2, 0) is 13.3 Å². The van der Waals surface area contributed by atoms with Gasteiger partial charge in [0, 0.05) is 40.5 Å². The molecule has 0 amide bonds. The Balaban J connectivity index is 3.61. The summed E-state index contributed by atoms with van der Waals surface area (Å²) in [5.41, 5.74) is 0. The van der Waals surface area contributed by atoms with E-state index in [9.17, 15) is 0 Å². The third-order valence-electron chi connectivity index (χ3n) is 3.27. The van der Waals surface area contributed by atoms with Gasteiger partial charge in [0.1, 0.15) is 0 Å². The number of hydrogen-bond acceptors (Lipinski definition) is 5. The van der Waals surface area contributed by atoms with Crippen LogP contribution in [-0.4, -0.2) is 67.8 Å². The van der Waals surface area contributed by atoms with E-state index in [2.05, 4.69) is 24.1 Å². The van der Waals surface area contributed by atoms with Crippen LogP contribution in [0.1, 0.15) is 20.3 Å². The molecule has 110 valence electrons. The molecule has 0 aromatic heterocycles. The number of likely N-dealkylation sites (N-methyl/N-ethyl adjacent to an activating group) is 1. The van der Waals surface area contributed by atoms with E-state index < -0.39 is 8.80 Å². The first-order valence-electron chi connectivity index (χ1n) is 6.76. The Labute approximate surface area is 113 Å². The molecule has 0 aromatic rings. The zero-order valence-corrected chi connectivity index (χ0v) is 13.6. The van der Waals surface area contributed by atoms with Crippen LogP contribution >= 0.6 is 0 Å². The van der Waals surface area contributed by atoms with Gasteiger partial charge in [0.05, 0.1) is 0 Å². The molecule has 5 nitrogen and oxygen atoms in total. The van der Waals surface area contributed by atoms with Crippen LogP contribution in [0.15, 0.2) is 0 Å². The number of nitrogens with zero attached hydrogens (tertiary/aromatic N) is 1. The molecule has 0 radical (unpaired) electrons. The SMILES string of the molecule is CCN(CC)CCNCCC[Si](OC)(OC)OC. The molecule has 0 aromatic carbocycles. The average Bonchev–Trinajstić information content (AvgIpc) is 2.43. The molecule has 0 atom stereocenters. The van der Waals surface area contributed by atoms with E-state index >= 15 is 0 Å². The summed E-state index contributed by atoms with van der Waals surface area (Å²) < 4.78 is 16.1. The quantitative estimate of drug-likeness (QED) is 0.429. The summed E-state index contributed by atoms with van der Waals surface area (Å²) in [7, 11) is 2.62. The Morgan fingerprint density at radius 3 is 1.94 bits per heavy atom.